The van der Waals surface area contributed by atoms with Gasteiger partial charge in [-0.05, 0) is 41.0 Å². The molecule has 5 aromatic rings. The predicted molar refractivity (Wildman–Crippen MR) is 122 cm³/mol. The number of para-hydroxylation sites is 1. The zero-order valence-electron chi connectivity index (χ0n) is 17.7. The number of nitrogens with one attached hydrogen (secondary N) is 1. The first kappa shape index (κ1) is 19.7. The van der Waals surface area contributed by atoms with Gasteiger partial charge in [0, 0.05) is 23.2 Å². The largest absolute Gasteiger partial charge is 0.465 e. The number of aryl methyl sites for hydroxylation is 1. The Hall–Kier alpha value is -4.26. The summed E-state index contributed by atoms with van der Waals surface area (Å²) in [5.41, 5.74) is 6.71. The molecule has 2 heterocycles. The molecule has 0 aliphatic rings. The van der Waals surface area contributed by atoms with E-state index in [4.69, 9.17) is 4.74 Å². The van der Waals surface area contributed by atoms with Gasteiger partial charge in [0.1, 0.15) is 0 Å². The molecule has 0 aliphatic heterocycles. The molecule has 3 aromatic carbocycles. The molecular formula is C25H21N5O2. The van der Waals surface area contributed by atoms with Crippen LogP contribution in [0.4, 0.5) is 0 Å². The number of aromatic nitrogens is 5. The number of esters is 1. The summed E-state index contributed by atoms with van der Waals surface area (Å²) in [5, 5.41) is 15.5. The van der Waals surface area contributed by atoms with Crippen LogP contribution in [0.15, 0.2) is 72.8 Å². The maximum Gasteiger partial charge on any atom is 0.340 e. The molecule has 0 unspecified atom stereocenters. The molecule has 158 valence electrons. The summed E-state index contributed by atoms with van der Waals surface area (Å²) < 4.78 is 7.15. The van der Waals surface area contributed by atoms with Crippen molar-refractivity contribution in [2.75, 3.05) is 7.11 Å². The number of H-pyrrole nitrogens is 1. The number of carbonyl (C=O) groups is 1. The summed E-state index contributed by atoms with van der Waals surface area (Å²) in [4.78, 5) is 12.3. The molecule has 0 aliphatic carbocycles. The van der Waals surface area contributed by atoms with Gasteiger partial charge in [0.25, 0.3) is 0 Å². The van der Waals surface area contributed by atoms with Gasteiger partial charge in [0.15, 0.2) is 0 Å². The van der Waals surface area contributed by atoms with Crippen molar-refractivity contribution in [2.24, 2.45) is 0 Å². The second kappa shape index (κ2) is 8.11. The third kappa shape index (κ3) is 3.43. The van der Waals surface area contributed by atoms with E-state index < -0.39 is 0 Å². The molecule has 0 amide bonds. The van der Waals surface area contributed by atoms with Gasteiger partial charge >= 0.3 is 5.97 Å². The van der Waals surface area contributed by atoms with E-state index in [0.29, 0.717) is 17.9 Å². The normalized spacial score (nSPS) is 11.1. The highest BCUT2D eigenvalue weighted by molar-refractivity contribution is 6.03. The number of methoxy groups -OCH3 is 1. The minimum Gasteiger partial charge on any atom is -0.465 e. The Kier molecular flexibility index (Phi) is 4.99. The van der Waals surface area contributed by atoms with Gasteiger partial charge in [-0.15, -0.1) is 10.2 Å². The van der Waals surface area contributed by atoms with E-state index in [1.54, 1.807) is 0 Å². The van der Waals surface area contributed by atoms with Crippen LogP contribution in [0.5, 0.6) is 0 Å². The zero-order valence-corrected chi connectivity index (χ0v) is 17.7. The number of nitrogens with zero attached hydrogens (tertiary/aromatic N) is 4. The third-order valence-electron chi connectivity index (χ3n) is 5.65. The van der Waals surface area contributed by atoms with E-state index in [1.165, 1.54) is 7.11 Å². The number of hydrogen-bond acceptors (Lipinski definition) is 5. The van der Waals surface area contributed by atoms with Crippen LogP contribution < -0.4 is 0 Å². The Balaban J connectivity index is 1.50. The molecule has 1 N–H and O–H groups in total. The van der Waals surface area contributed by atoms with E-state index in [1.807, 2.05) is 42.5 Å². The lowest BCUT2D eigenvalue weighted by Gasteiger charge is -2.12. The van der Waals surface area contributed by atoms with Gasteiger partial charge in [-0.1, -0.05) is 60.7 Å². The Morgan fingerprint density at radius 2 is 1.78 bits per heavy atom. The van der Waals surface area contributed by atoms with Crippen LogP contribution in [-0.4, -0.2) is 38.3 Å². The Morgan fingerprint density at radius 1 is 1.00 bits per heavy atom. The molecule has 0 saturated carbocycles. The lowest BCUT2D eigenvalue weighted by molar-refractivity contribution is 0.0602. The van der Waals surface area contributed by atoms with Crippen LogP contribution in [0.1, 0.15) is 21.6 Å². The van der Waals surface area contributed by atoms with E-state index >= 15 is 0 Å². The lowest BCUT2D eigenvalue weighted by atomic mass is 9.98. The van der Waals surface area contributed by atoms with E-state index in [-0.39, 0.29) is 5.97 Å². The maximum absolute atomic E-state index is 12.3. The van der Waals surface area contributed by atoms with Crippen LogP contribution in [0.3, 0.4) is 0 Å². The first-order chi connectivity index (χ1) is 15.7. The first-order valence-electron chi connectivity index (χ1n) is 10.2. The van der Waals surface area contributed by atoms with Crippen molar-refractivity contribution in [3.05, 3.63) is 89.6 Å². The number of ether oxygens (including phenoxy) is 1. The molecule has 0 spiro atoms. The standard InChI is InChI=1S/C25H21N5O2/c1-16-14-19-6-5-9-22(25(31)32-2)23(19)30(16)15-17-10-12-18(13-11-17)20-7-3-4-8-21(20)24-26-28-29-27-24/h3-14H,15H2,1-2H3,(H,26,27,28,29). The topological polar surface area (TPSA) is 85.7 Å². The monoisotopic (exact) mass is 423 g/mol. The average molecular weight is 423 g/mol. The summed E-state index contributed by atoms with van der Waals surface area (Å²) in [5.74, 6) is 0.234. The van der Waals surface area contributed by atoms with Crippen molar-refractivity contribution in [3.63, 3.8) is 0 Å². The van der Waals surface area contributed by atoms with Crippen molar-refractivity contribution in [1.29, 1.82) is 0 Å². The highest BCUT2D eigenvalue weighted by Crippen LogP contribution is 2.30. The van der Waals surface area contributed by atoms with Crippen LogP contribution in [-0.2, 0) is 11.3 Å². The van der Waals surface area contributed by atoms with E-state index in [2.05, 4.69) is 62.4 Å². The van der Waals surface area contributed by atoms with Crippen LogP contribution in [0.2, 0.25) is 0 Å². The minimum atomic E-state index is -0.330. The molecule has 0 bridgehead atoms. The molecule has 0 atom stereocenters. The van der Waals surface area contributed by atoms with Gasteiger partial charge < -0.3 is 9.30 Å². The number of tetrazole rings is 1. The Morgan fingerprint density at radius 3 is 2.50 bits per heavy atom. The molecule has 7 nitrogen and oxygen atoms in total. The van der Waals surface area contributed by atoms with Crippen molar-refractivity contribution < 1.29 is 9.53 Å². The van der Waals surface area contributed by atoms with Gasteiger partial charge in [0.2, 0.25) is 5.82 Å². The smallest absolute Gasteiger partial charge is 0.340 e. The van der Waals surface area contributed by atoms with Gasteiger partial charge in [-0.2, -0.15) is 5.21 Å². The zero-order chi connectivity index (χ0) is 22.1. The highest BCUT2D eigenvalue weighted by Gasteiger charge is 2.16. The summed E-state index contributed by atoms with van der Waals surface area (Å²) in [6, 6.07) is 24.2. The summed E-state index contributed by atoms with van der Waals surface area (Å²) in [7, 11) is 1.41. The average Bonchev–Trinajstić information content (AvgIpc) is 3.47. The predicted octanol–water partition coefficient (Wildman–Crippen LogP) is 4.63. The highest BCUT2D eigenvalue weighted by atomic mass is 16.5. The number of benzene rings is 3. The minimum absolute atomic E-state index is 0.330. The maximum atomic E-state index is 12.3. The number of carbonyl (C=O) groups excluding carboxylic acids is 1. The summed E-state index contributed by atoms with van der Waals surface area (Å²) >= 11 is 0. The van der Waals surface area contributed by atoms with E-state index in [9.17, 15) is 4.79 Å². The number of aromatic amines is 1. The van der Waals surface area contributed by atoms with Gasteiger partial charge in [0.05, 0.1) is 18.2 Å². The van der Waals surface area contributed by atoms with Gasteiger partial charge in [-0.3, -0.25) is 0 Å². The SMILES string of the molecule is COC(=O)c1cccc2cc(C)n(Cc3ccc(-c4ccccc4-c4nn[nH]n4)cc3)c12. The van der Waals surface area contributed by atoms with Crippen LogP contribution in [0.25, 0.3) is 33.4 Å². The molecule has 5 rings (SSSR count). The van der Waals surface area contributed by atoms with Crippen LogP contribution in [0, 0.1) is 6.92 Å². The fourth-order valence-corrected chi connectivity index (χ4v) is 4.11. The second-order valence-electron chi connectivity index (χ2n) is 7.58. The third-order valence-corrected chi connectivity index (χ3v) is 5.65. The van der Waals surface area contributed by atoms with Crippen molar-refractivity contribution in [2.45, 2.75) is 13.5 Å². The van der Waals surface area contributed by atoms with Crippen molar-refractivity contribution in [3.8, 4) is 22.5 Å². The number of hydrogen-bond donors (Lipinski definition) is 1. The van der Waals surface area contributed by atoms with Crippen LogP contribution >= 0.6 is 0 Å². The van der Waals surface area contributed by atoms with E-state index in [0.717, 1.165) is 38.9 Å². The Labute approximate surface area is 184 Å². The molecular weight excluding hydrogens is 402 g/mol. The van der Waals surface area contributed by atoms with Crippen molar-refractivity contribution in [1.82, 2.24) is 25.2 Å². The summed E-state index contributed by atoms with van der Waals surface area (Å²) in [6.07, 6.45) is 0. The fraction of sp³-hybridized carbons (Fsp3) is 0.120. The second-order valence-corrected chi connectivity index (χ2v) is 7.58. The molecule has 2 aromatic heterocycles. The fourth-order valence-electron chi connectivity index (χ4n) is 4.11. The van der Waals surface area contributed by atoms with Gasteiger partial charge in [-0.25, -0.2) is 4.79 Å². The number of fused-ring (bicyclic) bond motifs is 1. The quantitative estimate of drug-likeness (QED) is 0.417. The summed E-state index contributed by atoms with van der Waals surface area (Å²) in [6.45, 7) is 2.70. The molecule has 0 saturated heterocycles. The lowest BCUT2D eigenvalue weighted by Crippen LogP contribution is -2.07. The molecule has 0 fully saturated rings. The molecule has 7 heteroatoms. The Bertz CT molecular complexity index is 1400. The first-order valence-corrected chi connectivity index (χ1v) is 10.2. The molecule has 0 radical (unpaired) electrons. The number of rotatable bonds is 5. The molecule has 32 heavy (non-hydrogen) atoms. The van der Waals surface area contributed by atoms with Crippen molar-refractivity contribution >= 4 is 16.9 Å².